The standard InChI is InChI=1S/C15H21N3/c1-3-9-16-12-14-8-10-18(17-14)15-7-5-6-13(4-2)11-15/h5-8,10-11,16H,3-4,9,12H2,1-2H3. The Bertz CT molecular complexity index is 488. The van der Waals surface area contributed by atoms with Crippen molar-refractivity contribution in [2.24, 2.45) is 0 Å². The lowest BCUT2D eigenvalue weighted by Gasteiger charge is -2.04. The highest BCUT2D eigenvalue weighted by Gasteiger charge is 2.01. The molecule has 1 heterocycles. The highest BCUT2D eigenvalue weighted by Crippen LogP contribution is 2.11. The quantitative estimate of drug-likeness (QED) is 0.791. The molecule has 0 unspecified atom stereocenters. The monoisotopic (exact) mass is 243 g/mol. The summed E-state index contributed by atoms with van der Waals surface area (Å²) in [6, 6.07) is 10.6. The zero-order valence-corrected chi connectivity index (χ0v) is 11.2. The molecule has 3 nitrogen and oxygen atoms in total. The van der Waals surface area contributed by atoms with Crippen molar-refractivity contribution in [2.75, 3.05) is 6.54 Å². The summed E-state index contributed by atoms with van der Waals surface area (Å²) in [5.74, 6) is 0. The average Bonchev–Trinajstić information content (AvgIpc) is 2.88. The molecular formula is C15H21N3. The molecule has 0 aliphatic heterocycles. The molecule has 0 bridgehead atoms. The van der Waals surface area contributed by atoms with Gasteiger partial charge in [0, 0.05) is 12.7 Å². The Kier molecular flexibility index (Phi) is 4.53. The van der Waals surface area contributed by atoms with Gasteiger partial charge in [-0.2, -0.15) is 5.10 Å². The van der Waals surface area contributed by atoms with Crippen molar-refractivity contribution in [3.63, 3.8) is 0 Å². The first kappa shape index (κ1) is 12.8. The van der Waals surface area contributed by atoms with Gasteiger partial charge in [0.1, 0.15) is 0 Å². The number of nitrogens with zero attached hydrogens (tertiary/aromatic N) is 2. The van der Waals surface area contributed by atoms with Crippen LogP contribution in [0.3, 0.4) is 0 Å². The fourth-order valence-electron chi connectivity index (χ4n) is 1.91. The molecule has 0 aliphatic carbocycles. The second kappa shape index (κ2) is 6.36. The Balaban J connectivity index is 2.08. The third-order valence-corrected chi connectivity index (χ3v) is 2.96. The van der Waals surface area contributed by atoms with Crippen LogP contribution in [0.15, 0.2) is 36.5 Å². The Morgan fingerprint density at radius 3 is 2.89 bits per heavy atom. The molecule has 18 heavy (non-hydrogen) atoms. The third-order valence-electron chi connectivity index (χ3n) is 2.96. The first-order chi connectivity index (χ1) is 8.83. The van der Waals surface area contributed by atoms with Crippen molar-refractivity contribution in [3.05, 3.63) is 47.8 Å². The summed E-state index contributed by atoms with van der Waals surface area (Å²) in [7, 11) is 0. The van der Waals surface area contributed by atoms with Gasteiger partial charge in [-0.05, 0) is 43.1 Å². The predicted molar refractivity (Wildman–Crippen MR) is 74.9 cm³/mol. The van der Waals surface area contributed by atoms with Crippen LogP contribution in [0.4, 0.5) is 0 Å². The molecule has 1 aromatic carbocycles. The first-order valence-corrected chi connectivity index (χ1v) is 6.68. The van der Waals surface area contributed by atoms with Crippen molar-refractivity contribution >= 4 is 0 Å². The third kappa shape index (κ3) is 3.20. The van der Waals surface area contributed by atoms with Gasteiger partial charge in [-0.1, -0.05) is 26.0 Å². The zero-order valence-electron chi connectivity index (χ0n) is 11.2. The molecule has 1 N–H and O–H groups in total. The molecule has 96 valence electrons. The maximum Gasteiger partial charge on any atom is 0.0766 e. The van der Waals surface area contributed by atoms with Crippen molar-refractivity contribution < 1.29 is 0 Å². The number of benzene rings is 1. The zero-order chi connectivity index (χ0) is 12.8. The van der Waals surface area contributed by atoms with E-state index in [1.165, 1.54) is 5.56 Å². The van der Waals surface area contributed by atoms with E-state index in [4.69, 9.17) is 0 Å². The number of rotatable bonds is 6. The molecule has 0 radical (unpaired) electrons. The Morgan fingerprint density at radius 2 is 2.11 bits per heavy atom. The van der Waals surface area contributed by atoms with Gasteiger partial charge in [-0.25, -0.2) is 4.68 Å². The van der Waals surface area contributed by atoms with Gasteiger partial charge in [0.2, 0.25) is 0 Å². The Morgan fingerprint density at radius 1 is 1.22 bits per heavy atom. The van der Waals surface area contributed by atoms with Crippen LogP contribution >= 0.6 is 0 Å². The molecule has 2 aromatic rings. The van der Waals surface area contributed by atoms with Crippen LogP contribution in [0.1, 0.15) is 31.5 Å². The summed E-state index contributed by atoms with van der Waals surface area (Å²) in [6.45, 7) is 6.22. The second-order valence-corrected chi connectivity index (χ2v) is 4.45. The molecular weight excluding hydrogens is 222 g/mol. The van der Waals surface area contributed by atoms with E-state index in [0.717, 1.165) is 37.3 Å². The molecule has 1 aromatic heterocycles. The normalized spacial score (nSPS) is 10.8. The van der Waals surface area contributed by atoms with E-state index in [1.807, 2.05) is 10.9 Å². The lowest BCUT2D eigenvalue weighted by Crippen LogP contribution is -2.14. The van der Waals surface area contributed by atoms with Crippen LogP contribution in [0, 0.1) is 0 Å². The minimum atomic E-state index is 0.842. The highest BCUT2D eigenvalue weighted by atomic mass is 15.3. The van der Waals surface area contributed by atoms with Crippen molar-refractivity contribution in [1.29, 1.82) is 0 Å². The number of hydrogen-bond acceptors (Lipinski definition) is 2. The second-order valence-electron chi connectivity index (χ2n) is 4.45. The molecule has 0 atom stereocenters. The smallest absolute Gasteiger partial charge is 0.0766 e. The number of aromatic nitrogens is 2. The summed E-state index contributed by atoms with van der Waals surface area (Å²) >= 11 is 0. The van der Waals surface area contributed by atoms with Crippen LogP contribution < -0.4 is 5.32 Å². The summed E-state index contributed by atoms with van der Waals surface area (Å²) in [5.41, 5.74) is 3.56. The Hall–Kier alpha value is -1.61. The largest absolute Gasteiger partial charge is 0.311 e. The van der Waals surface area contributed by atoms with Gasteiger partial charge >= 0.3 is 0 Å². The fraction of sp³-hybridized carbons (Fsp3) is 0.400. The molecule has 0 fully saturated rings. The minimum Gasteiger partial charge on any atom is -0.311 e. The maximum atomic E-state index is 4.58. The molecule has 3 heteroatoms. The molecule has 0 spiro atoms. The maximum absolute atomic E-state index is 4.58. The van der Waals surface area contributed by atoms with Gasteiger partial charge < -0.3 is 5.32 Å². The van der Waals surface area contributed by atoms with Gasteiger partial charge in [0.05, 0.1) is 11.4 Å². The average molecular weight is 243 g/mol. The van der Waals surface area contributed by atoms with Crippen LogP contribution in [-0.2, 0) is 13.0 Å². The summed E-state index contributed by atoms with van der Waals surface area (Å²) in [4.78, 5) is 0. The van der Waals surface area contributed by atoms with Crippen molar-refractivity contribution in [1.82, 2.24) is 15.1 Å². The topological polar surface area (TPSA) is 29.9 Å². The number of aryl methyl sites for hydroxylation is 1. The van der Waals surface area contributed by atoms with Gasteiger partial charge in [-0.15, -0.1) is 0 Å². The van der Waals surface area contributed by atoms with Crippen molar-refractivity contribution in [3.8, 4) is 5.69 Å². The molecule has 0 saturated carbocycles. The van der Waals surface area contributed by atoms with Crippen LogP contribution in [-0.4, -0.2) is 16.3 Å². The number of nitrogens with one attached hydrogen (secondary N) is 1. The van der Waals surface area contributed by atoms with E-state index in [2.05, 4.69) is 54.6 Å². The van der Waals surface area contributed by atoms with Gasteiger partial charge in [0.15, 0.2) is 0 Å². The molecule has 0 saturated heterocycles. The summed E-state index contributed by atoms with van der Waals surface area (Å²) in [6.07, 6.45) is 4.23. The molecule has 2 rings (SSSR count). The van der Waals surface area contributed by atoms with Crippen LogP contribution in [0.5, 0.6) is 0 Å². The Labute approximate surface area is 109 Å². The molecule has 0 aliphatic rings. The SMILES string of the molecule is CCCNCc1ccn(-c2cccc(CC)c2)n1. The van der Waals surface area contributed by atoms with E-state index in [0.29, 0.717) is 0 Å². The van der Waals surface area contributed by atoms with E-state index in [1.54, 1.807) is 0 Å². The van der Waals surface area contributed by atoms with Gasteiger partial charge in [0.25, 0.3) is 0 Å². The number of hydrogen-bond donors (Lipinski definition) is 1. The van der Waals surface area contributed by atoms with Crippen molar-refractivity contribution in [2.45, 2.75) is 33.2 Å². The van der Waals surface area contributed by atoms with Gasteiger partial charge in [-0.3, -0.25) is 0 Å². The predicted octanol–water partition coefficient (Wildman–Crippen LogP) is 2.93. The van der Waals surface area contributed by atoms with E-state index in [9.17, 15) is 0 Å². The first-order valence-electron chi connectivity index (χ1n) is 6.68. The minimum absolute atomic E-state index is 0.842. The van der Waals surface area contributed by atoms with E-state index < -0.39 is 0 Å². The highest BCUT2D eigenvalue weighted by molar-refractivity contribution is 5.35. The summed E-state index contributed by atoms with van der Waals surface area (Å²) < 4.78 is 1.95. The fourth-order valence-corrected chi connectivity index (χ4v) is 1.91. The van der Waals surface area contributed by atoms with Crippen LogP contribution in [0.25, 0.3) is 5.69 Å². The van der Waals surface area contributed by atoms with Crippen LogP contribution in [0.2, 0.25) is 0 Å². The lowest BCUT2D eigenvalue weighted by atomic mass is 10.1. The van der Waals surface area contributed by atoms with E-state index >= 15 is 0 Å². The lowest BCUT2D eigenvalue weighted by molar-refractivity contribution is 0.656. The summed E-state index contributed by atoms with van der Waals surface area (Å²) in [5, 5.41) is 7.94. The van der Waals surface area contributed by atoms with E-state index in [-0.39, 0.29) is 0 Å². The molecule has 0 amide bonds.